The molecule has 31 heavy (non-hydrogen) atoms. The molecule has 0 saturated carbocycles. The molecule has 1 amide bonds. The second-order valence-electron chi connectivity index (χ2n) is 6.71. The SMILES string of the molecule is C#CCn1cnc(-c2ccccc2)c1NC(=O)c1ccc(S(=O)(=O)N(CC)CC)cc1. The van der Waals surface area contributed by atoms with E-state index < -0.39 is 10.0 Å². The van der Waals surface area contributed by atoms with Crippen molar-refractivity contribution in [1.82, 2.24) is 13.9 Å². The first kappa shape index (κ1) is 22.3. The Bertz CT molecular complexity index is 1190. The lowest BCUT2D eigenvalue weighted by atomic mass is 10.1. The molecule has 1 aromatic heterocycles. The average molecular weight is 437 g/mol. The van der Waals surface area contributed by atoms with E-state index >= 15 is 0 Å². The summed E-state index contributed by atoms with van der Waals surface area (Å²) in [5.41, 5.74) is 1.77. The third-order valence-electron chi connectivity index (χ3n) is 4.84. The number of imidazole rings is 1. The summed E-state index contributed by atoms with van der Waals surface area (Å²) in [6.45, 7) is 4.57. The summed E-state index contributed by atoms with van der Waals surface area (Å²) in [5, 5.41) is 2.87. The van der Waals surface area contributed by atoms with Gasteiger partial charge in [0, 0.05) is 24.2 Å². The number of terminal acetylenes is 1. The van der Waals surface area contributed by atoms with Crippen molar-refractivity contribution in [3.05, 3.63) is 66.5 Å². The van der Waals surface area contributed by atoms with E-state index in [2.05, 4.69) is 16.2 Å². The summed E-state index contributed by atoms with van der Waals surface area (Å²) in [7, 11) is -3.59. The zero-order chi connectivity index (χ0) is 22.4. The molecular formula is C23H24N4O3S. The largest absolute Gasteiger partial charge is 0.306 e. The van der Waals surface area contributed by atoms with Gasteiger partial charge >= 0.3 is 0 Å². The third-order valence-corrected chi connectivity index (χ3v) is 6.90. The van der Waals surface area contributed by atoms with Gasteiger partial charge in [-0.1, -0.05) is 50.1 Å². The van der Waals surface area contributed by atoms with Crippen molar-refractivity contribution in [2.45, 2.75) is 25.3 Å². The highest BCUT2D eigenvalue weighted by molar-refractivity contribution is 7.89. The van der Waals surface area contributed by atoms with Crippen LogP contribution in [0.4, 0.5) is 5.82 Å². The number of amides is 1. The van der Waals surface area contributed by atoms with Gasteiger partial charge in [-0.25, -0.2) is 13.4 Å². The van der Waals surface area contributed by atoms with E-state index in [0.717, 1.165) is 5.56 Å². The van der Waals surface area contributed by atoms with E-state index in [4.69, 9.17) is 6.42 Å². The Morgan fingerprint density at radius 3 is 2.32 bits per heavy atom. The van der Waals surface area contributed by atoms with Crippen LogP contribution in [0.25, 0.3) is 11.3 Å². The van der Waals surface area contributed by atoms with E-state index in [-0.39, 0.29) is 17.3 Å². The number of nitrogens with one attached hydrogen (secondary N) is 1. The van der Waals surface area contributed by atoms with Crippen LogP contribution in [0.3, 0.4) is 0 Å². The van der Waals surface area contributed by atoms with E-state index in [0.29, 0.717) is 30.2 Å². The third kappa shape index (κ3) is 4.68. The molecule has 160 valence electrons. The lowest BCUT2D eigenvalue weighted by molar-refractivity contribution is 0.102. The number of anilines is 1. The fourth-order valence-electron chi connectivity index (χ4n) is 3.21. The smallest absolute Gasteiger partial charge is 0.256 e. The first-order chi connectivity index (χ1) is 14.9. The molecule has 3 rings (SSSR count). The minimum Gasteiger partial charge on any atom is -0.306 e. The summed E-state index contributed by atoms with van der Waals surface area (Å²) in [6, 6.07) is 15.3. The summed E-state index contributed by atoms with van der Waals surface area (Å²) < 4.78 is 28.3. The van der Waals surface area contributed by atoms with E-state index in [9.17, 15) is 13.2 Å². The number of nitrogens with zero attached hydrogens (tertiary/aromatic N) is 3. The van der Waals surface area contributed by atoms with Crippen molar-refractivity contribution < 1.29 is 13.2 Å². The van der Waals surface area contributed by atoms with E-state index in [1.54, 1.807) is 24.7 Å². The highest BCUT2D eigenvalue weighted by Gasteiger charge is 2.22. The average Bonchev–Trinajstić information content (AvgIpc) is 3.17. The predicted octanol–water partition coefficient (Wildman–Crippen LogP) is 3.47. The van der Waals surface area contributed by atoms with Gasteiger partial charge in [-0.3, -0.25) is 4.79 Å². The highest BCUT2D eigenvalue weighted by atomic mass is 32.2. The lowest BCUT2D eigenvalue weighted by Gasteiger charge is -2.18. The molecule has 2 aromatic carbocycles. The van der Waals surface area contributed by atoms with Gasteiger partial charge in [0.05, 0.1) is 17.8 Å². The molecule has 1 N–H and O–H groups in total. The van der Waals surface area contributed by atoms with Crippen molar-refractivity contribution in [2.75, 3.05) is 18.4 Å². The molecule has 8 heteroatoms. The van der Waals surface area contributed by atoms with Crippen molar-refractivity contribution in [2.24, 2.45) is 0 Å². The van der Waals surface area contributed by atoms with Crippen LogP contribution in [-0.2, 0) is 16.6 Å². The Balaban J connectivity index is 1.89. The summed E-state index contributed by atoms with van der Waals surface area (Å²) in [5.74, 6) is 2.64. The van der Waals surface area contributed by atoms with E-state index in [1.807, 2.05) is 30.3 Å². The van der Waals surface area contributed by atoms with Crippen LogP contribution in [0.15, 0.2) is 65.8 Å². The number of carbonyl (C=O) groups excluding carboxylic acids is 1. The molecular weight excluding hydrogens is 412 g/mol. The molecule has 0 saturated heterocycles. The predicted molar refractivity (Wildman–Crippen MR) is 121 cm³/mol. The molecule has 7 nitrogen and oxygen atoms in total. The summed E-state index contributed by atoms with van der Waals surface area (Å²) >= 11 is 0. The Kier molecular flexibility index (Phi) is 6.90. The van der Waals surface area contributed by atoms with Gasteiger partial charge in [0.1, 0.15) is 11.5 Å². The highest BCUT2D eigenvalue weighted by Crippen LogP contribution is 2.27. The van der Waals surface area contributed by atoms with Crippen molar-refractivity contribution in [3.63, 3.8) is 0 Å². The molecule has 0 aliphatic heterocycles. The minimum absolute atomic E-state index is 0.148. The molecule has 0 spiro atoms. The maximum absolute atomic E-state index is 12.9. The first-order valence-corrected chi connectivity index (χ1v) is 11.3. The summed E-state index contributed by atoms with van der Waals surface area (Å²) in [6.07, 6.45) is 7.03. The van der Waals surface area contributed by atoms with E-state index in [1.165, 1.54) is 28.6 Å². The van der Waals surface area contributed by atoms with Crippen LogP contribution in [0.5, 0.6) is 0 Å². The van der Waals surface area contributed by atoms with Gasteiger partial charge in [0.25, 0.3) is 5.91 Å². The molecule has 0 atom stereocenters. The van der Waals surface area contributed by atoms with Crippen LogP contribution >= 0.6 is 0 Å². The van der Waals surface area contributed by atoms with Crippen molar-refractivity contribution in [1.29, 1.82) is 0 Å². The standard InChI is InChI=1S/C23H24N4O3S/c1-4-16-26-17-24-21(18-10-8-7-9-11-18)22(26)25-23(28)19-12-14-20(15-13-19)31(29,30)27(5-2)6-3/h1,7-15,17H,5-6,16H2,2-3H3,(H,25,28). The fourth-order valence-corrected chi connectivity index (χ4v) is 4.67. The normalized spacial score (nSPS) is 11.3. The molecule has 1 heterocycles. The van der Waals surface area contributed by atoms with Crippen LogP contribution < -0.4 is 5.32 Å². The molecule has 0 fully saturated rings. The van der Waals surface area contributed by atoms with Crippen LogP contribution in [-0.4, -0.2) is 41.3 Å². The van der Waals surface area contributed by atoms with Crippen molar-refractivity contribution in [3.8, 4) is 23.6 Å². The van der Waals surface area contributed by atoms with Gasteiger partial charge in [0.15, 0.2) is 0 Å². The lowest BCUT2D eigenvalue weighted by Crippen LogP contribution is -2.30. The molecule has 0 bridgehead atoms. The summed E-state index contributed by atoms with van der Waals surface area (Å²) in [4.78, 5) is 17.4. The maximum atomic E-state index is 12.9. The van der Waals surface area contributed by atoms with Crippen LogP contribution in [0.2, 0.25) is 0 Å². The minimum atomic E-state index is -3.59. The van der Waals surface area contributed by atoms with Crippen LogP contribution in [0.1, 0.15) is 24.2 Å². The van der Waals surface area contributed by atoms with Gasteiger partial charge in [0.2, 0.25) is 10.0 Å². The second kappa shape index (κ2) is 9.60. The Labute approximate surface area is 182 Å². The number of sulfonamides is 1. The maximum Gasteiger partial charge on any atom is 0.256 e. The van der Waals surface area contributed by atoms with Crippen molar-refractivity contribution >= 4 is 21.7 Å². The Morgan fingerprint density at radius 1 is 1.10 bits per heavy atom. The fraction of sp³-hybridized carbons (Fsp3) is 0.217. The van der Waals surface area contributed by atoms with Gasteiger partial charge in [-0.2, -0.15) is 4.31 Å². The quantitative estimate of drug-likeness (QED) is 0.548. The number of carbonyl (C=O) groups is 1. The molecule has 0 aliphatic carbocycles. The molecule has 0 aliphatic rings. The first-order valence-electron chi connectivity index (χ1n) is 9.87. The zero-order valence-electron chi connectivity index (χ0n) is 17.4. The number of hydrogen-bond donors (Lipinski definition) is 1. The molecule has 0 unspecified atom stereocenters. The zero-order valence-corrected chi connectivity index (χ0v) is 18.3. The molecule has 3 aromatic rings. The van der Waals surface area contributed by atoms with Gasteiger partial charge in [-0.05, 0) is 24.3 Å². The Morgan fingerprint density at radius 2 is 1.74 bits per heavy atom. The Hall–Kier alpha value is -3.41. The van der Waals surface area contributed by atoms with Gasteiger partial charge < -0.3 is 9.88 Å². The monoisotopic (exact) mass is 436 g/mol. The topological polar surface area (TPSA) is 84.3 Å². The molecule has 0 radical (unpaired) electrons. The number of aromatic nitrogens is 2. The number of hydrogen-bond acceptors (Lipinski definition) is 4. The number of rotatable bonds is 8. The van der Waals surface area contributed by atoms with Crippen LogP contribution in [0, 0.1) is 12.3 Å². The number of benzene rings is 2. The second-order valence-corrected chi connectivity index (χ2v) is 8.65. The van der Waals surface area contributed by atoms with Gasteiger partial charge in [-0.15, -0.1) is 6.42 Å².